The Bertz CT molecular complexity index is 428. The third-order valence-electron chi connectivity index (χ3n) is 4.07. The van der Waals surface area contributed by atoms with E-state index in [0.717, 1.165) is 12.8 Å². The van der Waals surface area contributed by atoms with E-state index >= 15 is 0 Å². The normalized spacial score (nSPS) is 27.1. The van der Waals surface area contributed by atoms with Crippen LogP contribution in [0.5, 0.6) is 5.75 Å². The highest BCUT2D eigenvalue weighted by Crippen LogP contribution is 2.54. The summed E-state index contributed by atoms with van der Waals surface area (Å²) in [7, 11) is 1.54. The zero-order valence-electron chi connectivity index (χ0n) is 10.6. The second-order valence-corrected chi connectivity index (χ2v) is 5.44. The summed E-state index contributed by atoms with van der Waals surface area (Å²) in [4.78, 5) is 0. The van der Waals surface area contributed by atoms with Gasteiger partial charge in [-0.3, -0.25) is 0 Å². The van der Waals surface area contributed by atoms with E-state index in [4.69, 9.17) is 4.74 Å². The molecule has 1 aromatic rings. The minimum Gasteiger partial charge on any atom is -0.496 e. The Morgan fingerprint density at radius 2 is 2.00 bits per heavy atom. The van der Waals surface area contributed by atoms with Crippen molar-refractivity contribution >= 4 is 0 Å². The SMILES string of the molecule is COc1ccc(F)cc1C1(O)CCCC1(C)C. The number of methoxy groups -OCH3 is 1. The summed E-state index contributed by atoms with van der Waals surface area (Å²) >= 11 is 0. The number of ether oxygens (including phenoxy) is 1. The molecule has 0 spiro atoms. The number of hydrogen-bond donors (Lipinski definition) is 1. The molecule has 2 rings (SSSR count). The Kier molecular flexibility index (Phi) is 2.90. The molecule has 1 aliphatic carbocycles. The Labute approximate surface area is 101 Å². The number of aliphatic hydroxyl groups is 1. The van der Waals surface area contributed by atoms with E-state index in [2.05, 4.69) is 0 Å². The molecular formula is C14H19FO2. The van der Waals surface area contributed by atoms with E-state index in [1.54, 1.807) is 13.2 Å². The van der Waals surface area contributed by atoms with Crippen LogP contribution in [0.2, 0.25) is 0 Å². The molecule has 1 aliphatic rings. The maximum atomic E-state index is 13.4. The first-order chi connectivity index (χ1) is 7.90. The van der Waals surface area contributed by atoms with Crippen molar-refractivity contribution in [3.63, 3.8) is 0 Å². The fourth-order valence-electron chi connectivity index (χ4n) is 2.83. The van der Waals surface area contributed by atoms with Gasteiger partial charge in [0.15, 0.2) is 0 Å². The molecule has 0 aromatic heterocycles. The van der Waals surface area contributed by atoms with Crippen molar-refractivity contribution in [3.8, 4) is 5.75 Å². The molecule has 0 heterocycles. The van der Waals surface area contributed by atoms with E-state index in [-0.39, 0.29) is 11.2 Å². The highest BCUT2D eigenvalue weighted by atomic mass is 19.1. The van der Waals surface area contributed by atoms with Crippen LogP contribution in [0.15, 0.2) is 18.2 Å². The van der Waals surface area contributed by atoms with Crippen molar-refractivity contribution in [2.45, 2.75) is 38.7 Å². The molecule has 1 fully saturated rings. The summed E-state index contributed by atoms with van der Waals surface area (Å²) in [6.07, 6.45) is 2.53. The fourth-order valence-corrected chi connectivity index (χ4v) is 2.83. The molecule has 3 heteroatoms. The number of hydrogen-bond acceptors (Lipinski definition) is 2. The van der Waals surface area contributed by atoms with Gasteiger partial charge in [-0.05, 0) is 42.9 Å². The van der Waals surface area contributed by atoms with Gasteiger partial charge in [0.2, 0.25) is 0 Å². The standard InChI is InChI=1S/C14H19FO2/c1-13(2)7-4-8-14(13,16)11-9-10(15)5-6-12(11)17-3/h5-6,9,16H,4,7-8H2,1-3H3. The van der Waals surface area contributed by atoms with E-state index in [1.807, 2.05) is 13.8 Å². The molecule has 0 radical (unpaired) electrons. The number of rotatable bonds is 2. The largest absolute Gasteiger partial charge is 0.496 e. The van der Waals surface area contributed by atoms with Crippen molar-refractivity contribution in [3.05, 3.63) is 29.6 Å². The van der Waals surface area contributed by atoms with E-state index in [1.165, 1.54) is 12.1 Å². The lowest BCUT2D eigenvalue weighted by atomic mass is 9.73. The second kappa shape index (κ2) is 3.98. The topological polar surface area (TPSA) is 29.5 Å². The van der Waals surface area contributed by atoms with Crippen LogP contribution in [0.1, 0.15) is 38.7 Å². The van der Waals surface area contributed by atoms with Gasteiger partial charge in [-0.2, -0.15) is 0 Å². The minimum atomic E-state index is -1.000. The minimum absolute atomic E-state index is 0.256. The predicted octanol–water partition coefficient (Wildman–Crippen LogP) is 3.23. The van der Waals surface area contributed by atoms with Gasteiger partial charge in [0.1, 0.15) is 11.6 Å². The van der Waals surface area contributed by atoms with Crippen molar-refractivity contribution in [1.29, 1.82) is 0 Å². The quantitative estimate of drug-likeness (QED) is 0.857. The lowest BCUT2D eigenvalue weighted by molar-refractivity contribution is -0.0503. The van der Waals surface area contributed by atoms with Crippen molar-refractivity contribution in [1.82, 2.24) is 0 Å². The summed E-state index contributed by atoms with van der Waals surface area (Å²) in [5.74, 6) is 0.223. The van der Waals surface area contributed by atoms with Gasteiger partial charge in [-0.15, -0.1) is 0 Å². The first kappa shape index (κ1) is 12.4. The molecule has 1 saturated carbocycles. The first-order valence-electron chi connectivity index (χ1n) is 5.97. The molecule has 0 amide bonds. The van der Waals surface area contributed by atoms with Crippen LogP contribution in [0, 0.1) is 11.2 Å². The predicted molar refractivity (Wildman–Crippen MR) is 64.5 cm³/mol. The first-order valence-corrected chi connectivity index (χ1v) is 5.97. The van der Waals surface area contributed by atoms with Crippen LogP contribution in [-0.2, 0) is 5.60 Å². The fraction of sp³-hybridized carbons (Fsp3) is 0.571. The second-order valence-electron chi connectivity index (χ2n) is 5.44. The van der Waals surface area contributed by atoms with Crippen molar-refractivity contribution < 1.29 is 14.2 Å². The van der Waals surface area contributed by atoms with E-state index in [0.29, 0.717) is 17.7 Å². The van der Waals surface area contributed by atoms with Gasteiger partial charge >= 0.3 is 0 Å². The summed E-state index contributed by atoms with van der Waals surface area (Å²) in [5, 5.41) is 10.9. The van der Waals surface area contributed by atoms with Crippen LogP contribution < -0.4 is 4.74 Å². The Balaban J connectivity index is 2.56. The Morgan fingerprint density at radius 1 is 1.29 bits per heavy atom. The zero-order chi connectivity index (χ0) is 12.7. The van der Waals surface area contributed by atoms with Crippen LogP contribution >= 0.6 is 0 Å². The van der Waals surface area contributed by atoms with Crippen LogP contribution in [0.25, 0.3) is 0 Å². The molecule has 0 aliphatic heterocycles. The third kappa shape index (κ3) is 1.82. The third-order valence-corrected chi connectivity index (χ3v) is 4.07. The molecule has 1 atom stereocenters. The van der Waals surface area contributed by atoms with E-state index < -0.39 is 5.60 Å². The number of benzene rings is 1. The summed E-state index contributed by atoms with van der Waals surface area (Å²) < 4.78 is 18.6. The smallest absolute Gasteiger partial charge is 0.125 e. The highest BCUT2D eigenvalue weighted by molar-refractivity contribution is 5.40. The molecule has 1 N–H and O–H groups in total. The Morgan fingerprint density at radius 3 is 2.53 bits per heavy atom. The van der Waals surface area contributed by atoms with Gasteiger partial charge in [0.05, 0.1) is 12.7 Å². The molecule has 17 heavy (non-hydrogen) atoms. The summed E-state index contributed by atoms with van der Waals surface area (Å²) in [6.45, 7) is 4.04. The zero-order valence-corrected chi connectivity index (χ0v) is 10.6. The number of halogens is 1. The van der Waals surface area contributed by atoms with Crippen LogP contribution in [0.3, 0.4) is 0 Å². The lowest BCUT2D eigenvalue weighted by Crippen LogP contribution is -2.37. The maximum Gasteiger partial charge on any atom is 0.125 e. The maximum absolute atomic E-state index is 13.4. The van der Waals surface area contributed by atoms with Gasteiger partial charge in [-0.25, -0.2) is 4.39 Å². The van der Waals surface area contributed by atoms with Gasteiger partial charge in [0.25, 0.3) is 0 Å². The van der Waals surface area contributed by atoms with Crippen LogP contribution in [-0.4, -0.2) is 12.2 Å². The van der Waals surface area contributed by atoms with Crippen LogP contribution in [0.4, 0.5) is 4.39 Å². The van der Waals surface area contributed by atoms with Gasteiger partial charge < -0.3 is 9.84 Å². The average Bonchev–Trinajstić information content (AvgIpc) is 2.54. The van der Waals surface area contributed by atoms with Crippen molar-refractivity contribution in [2.75, 3.05) is 7.11 Å². The molecule has 94 valence electrons. The Hall–Kier alpha value is -1.09. The molecule has 1 aromatic carbocycles. The summed E-state index contributed by atoms with van der Waals surface area (Å²) in [5.41, 5.74) is -0.684. The van der Waals surface area contributed by atoms with E-state index in [9.17, 15) is 9.50 Å². The van der Waals surface area contributed by atoms with Gasteiger partial charge in [-0.1, -0.05) is 13.8 Å². The van der Waals surface area contributed by atoms with Gasteiger partial charge in [0, 0.05) is 5.56 Å². The molecule has 1 unspecified atom stereocenters. The average molecular weight is 238 g/mol. The molecular weight excluding hydrogens is 219 g/mol. The molecule has 0 saturated heterocycles. The monoisotopic (exact) mass is 238 g/mol. The van der Waals surface area contributed by atoms with Crippen molar-refractivity contribution in [2.24, 2.45) is 5.41 Å². The highest BCUT2D eigenvalue weighted by Gasteiger charge is 2.50. The molecule has 0 bridgehead atoms. The summed E-state index contributed by atoms with van der Waals surface area (Å²) in [6, 6.07) is 4.33. The molecule has 2 nitrogen and oxygen atoms in total. The lowest BCUT2D eigenvalue weighted by Gasteiger charge is -2.38.